The van der Waals surface area contributed by atoms with Gasteiger partial charge in [-0.2, -0.15) is 9.78 Å². The summed E-state index contributed by atoms with van der Waals surface area (Å²) in [5.74, 6) is 0.698. The third-order valence-electron chi connectivity index (χ3n) is 5.78. The zero-order valence-corrected chi connectivity index (χ0v) is 19.8. The fourth-order valence-electron chi connectivity index (χ4n) is 3.83. The molecule has 0 fully saturated rings. The number of benzene rings is 2. The molecule has 1 atom stereocenters. The first-order valence-electron chi connectivity index (χ1n) is 10.9. The number of hydrogen-bond acceptors (Lipinski definition) is 3. The number of rotatable bonds is 7. The van der Waals surface area contributed by atoms with Gasteiger partial charge in [-0.05, 0) is 44.0 Å². The fraction of sp³-hybridized carbons (Fsp3) is 0.320. The van der Waals surface area contributed by atoms with Crippen LogP contribution in [0.2, 0.25) is 0 Å². The van der Waals surface area contributed by atoms with Crippen molar-refractivity contribution >= 4 is 44.0 Å². The van der Waals surface area contributed by atoms with E-state index in [1.54, 1.807) is 6.21 Å². The second-order valence-corrected chi connectivity index (χ2v) is 8.84. The fourth-order valence-corrected chi connectivity index (χ4v) is 4.19. The van der Waals surface area contributed by atoms with Crippen LogP contribution in [0.25, 0.3) is 21.8 Å². The van der Waals surface area contributed by atoms with Crippen molar-refractivity contribution in [1.29, 1.82) is 0 Å². The number of para-hydroxylation sites is 1. The Morgan fingerprint density at radius 1 is 1.16 bits per heavy atom. The van der Waals surface area contributed by atoms with Gasteiger partial charge < -0.3 is 4.57 Å². The maximum Gasteiger partial charge on any atom is 0.282 e. The van der Waals surface area contributed by atoms with E-state index in [0.29, 0.717) is 29.2 Å². The molecule has 0 radical (unpaired) electrons. The standard InChI is InChI=1S/C25H27BrN4O/c1-4-6-11-24-28-22-13-12-19(26)14-21(22)25(31)30(24)27-15-18-16-29(17(3)5-2)23-10-8-7-9-20(18)23/h7-10,12-17H,4-6,11H2,1-3H3/t17-/m1/s1. The SMILES string of the molecule is CCCCc1nc2ccc(Br)cc2c(=O)n1N=Cc1cn([C@H](C)CC)c2ccccc12. The van der Waals surface area contributed by atoms with Gasteiger partial charge in [0, 0.05) is 39.6 Å². The molecule has 0 saturated heterocycles. The molecule has 0 unspecified atom stereocenters. The smallest absolute Gasteiger partial charge is 0.282 e. The highest BCUT2D eigenvalue weighted by Gasteiger charge is 2.13. The zero-order valence-electron chi connectivity index (χ0n) is 18.2. The Morgan fingerprint density at radius 2 is 1.97 bits per heavy atom. The van der Waals surface area contributed by atoms with Crippen molar-refractivity contribution in [3.63, 3.8) is 0 Å². The van der Waals surface area contributed by atoms with Gasteiger partial charge in [0.2, 0.25) is 0 Å². The van der Waals surface area contributed by atoms with Crippen molar-refractivity contribution in [2.75, 3.05) is 0 Å². The van der Waals surface area contributed by atoms with E-state index in [1.165, 1.54) is 10.2 Å². The lowest BCUT2D eigenvalue weighted by atomic mass is 10.2. The molecule has 0 aliphatic rings. The Bertz CT molecular complexity index is 1320. The Kier molecular flexibility index (Phi) is 6.37. The van der Waals surface area contributed by atoms with Crippen LogP contribution in [0.1, 0.15) is 57.5 Å². The predicted octanol–water partition coefficient (Wildman–Crippen LogP) is 6.31. The molecule has 31 heavy (non-hydrogen) atoms. The number of halogens is 1. The topological polar surface area (TPSA) is 52.2 Å². The number of hydrogen-bond donors (Lipinski definition) is 0. The van der Waals surface area contributed by atoms with Crippen molar-refractivity contribution in [2.24, 2.45) is 5.10 Å². The van der Waals surface area contributed by atoms with Crippen molar-refractivity contribution < 1.29 is 0 Å². The number of aryl methyl sites for hydroxylation is 1. The zero-order chi connectivity index (χ0) is 22.0. The van der Waals surface area contributed by atoms with E-state index in [-0.39, 0.29) is 5.56 Å². The molecule has 0 aliphatic heterocycles. The summed E-state index contributed by atoms with van der Waals surface area (Å²) in [7, 11) is 0. The normalized spacial score (nSPS) is 12.9. The van der Waals surface area contributed by atoms with Gasteiger partial charge in [-0.15, -0.1) is 0 Å². The molecule has 0 aliphatic carbocycles. The summed E-state index contributed by atoms with van der Waals surface area (Å²) < 4.78 is 4.61. The van der Waals surface area contributed by atoms with Crippen LogP contribution in [-0.4, -0.2) is 20.4 Å². The molecule has 0 spiro atoms. The first-order chi connectivity index (χ1) is 15.0. The van der Waals surface area contributed by atoms with Gasteiger partial charge in [0.15, 0.2) is 0 Å². The van der Waals surface area contributed by atoms with E-state index in [1.807, 2.05) is 24.3 Å². The van der Waals surface area contributed by atoms with Crippen LogP contribution >= 0.6 is 15.9 Å². The maximum atomic E-state index is 13.3. The molecule has 4 aromatic rings. The molecule has 4 rings (SSSR count). The molecule has 2 aromatic heterocycles. The van der Waals surface area contributed by atoms with Gasteiger partial charge in [0.05, 0.1) is 17.1 Å². The monoisotopic (exact) mass is 478 g/mol. The Labute approximate surface area is 190 Å². The minimum absolute atomic E-state index is 0.140. The molecular formula is C25H27BrN4O. The second-order valence-electron chi connectivity index (χ2n) is 7.92. The largest absolute Gasteiger partial charge is 0.344 e. The number of unbranched alkanes of at least 4 members (excludes halogenated alkanes) is 1. The molecule has 0 amide bonds. The lowest BCUT2D eigenvalue weighted by Gasteiger charge is -2.12. The van der Waals surface area contributed by atoms with Crippen LogP contribution in [-0.2, 0) is 6.42 Å². The van der Waals surface area contributed by atoms with Crippen molar-refractivity contribution in [2.45, 2.75) is 52.5 Å². The Balaban J connectivity index is 1.86. The summed E-state index contributed by atoms with van der Waals surface area (Å²) in [4.78, 5) is 18.1. The van der Waals surface area contributed by atoms with E-state index in [4.69, 9.17) is 4.98 Å². The first-order valence-corrected chi connectivity index (χ1v) is 11.7. The molecule has 2 aromatic carbocycles. The Hall–Kier alpha value is -2.73. The molecule has 0 N–H and O–H groups in total. The van der Waals surface area contributed by atoms with Crippen LogP contribution in [0, 0.1) is 0 Å². The highest BCUT2D eigenvalue weighted by molar-refractivity contribution is 9.10. The highest BCUT2D eigenvalue weighted by Crippen LogP contribution is 2.25. The van der Waals surface area contributed by atoms with Crippen LogP contribution in [0.3, 0.4) is 0 Å². The average molecular weight is 479 g/mol. The number of aromatic nitrogens is 3. The van der Waals surface area contributed by atoms with Gasteiger partial charge in [0.25, 0.3) is 5.56 Å². The summed E-state index contributed by atoms with van der Waals surface area (Å²) in [6.45, 7) is 6.53. The van der Waals surface area contributed by atoms with Crippen LogP contribution < -0.4 is 5.56 Å². The molecular weight excluding hydrogens is 452 g/mol. The second kappa shape index (κ2) is 9.18. The van der Waals surface area contributed by atoms with E-state index in [0.717, 1.165) is 34.7 Å². The van der Waals surface area contributed by atoms with Crippen LogP contribution in [0.4, 0.5) is 0 Å². The minimum atomic E-state index is -0.140. The maximum absolute atomic E-state index is 13.3. The van der Waals surface area contributed by atoms with Gasteiger partial charge in [-0.25, -0.2) is 4.98 Å². The Morgan fingerprint density at radius 3 is 2.74 bits per heavy atom. The summed E-state index contributed by atoms with van der Waals surface area (Å²) in [6, 6.07) is 14.3. The summed E-state index contributed by atoms with van der Waals surface area (Å²) in [5, 5.41) is 6.34. The van der Waals surface area contributed by atoms with E-state index >= 15 is 0 Å². The highest BCUT2D eigenvalue weighted by atomic mass is 79.9. The summed E-state index contributed by atoms with van der Waals surface area (Å²) in [5.41, 5.74) is 2.74. The summed E-state index contributed by atoms with van der Waals surface area (Å²) >= 11 is 3.46. The molecule has 160 valence electrons. The molecule has 0 saturated carbocycles. The average Bonchev–Trinajstić information content (AvgIpc) is 3.16. The molecule has 6 heteroatoms. The first kappa shape index (κ1) is 21.5. The van der Waals surface area contributed by atoms with Crippen LogP contribution in [0.5, 0.6) is 0 Å². The van der Waals surface area contributed by atoms with E-state index in [9.17, 15) is 4.79 Å². The van der Waals surface area contributed by atoms with Gasteiger partial charge in [-0.3, -0.25) is 4.79 Å². The third kappa shape index (κ3) is 4.22. The third-order valence-corrected chi connectivity index (χ3v) is 6.27. The lowest BCUT2D eigenvalue weighted by molar-refractivity contribution is 0.548. The minimum Gasteiger partial charge on any atom is -0.344 e. The number of nitrogens with zero attached hydrogens (tertiary/aromatic N) is 4. The van der Waals surface area contributed by atoms with Gasteiger partial charge >= 0.3 is 0 Å². The quantitative estimate of drug-likeness (QED) is 0.292. The van der Waals surface area contributed by atoms with E-state index in [2.05, 4.69) is 70.8 Å². The predicted molar refractivity (Wildman–Crippen MR) is 132 cm³/mol. The number of fused-ring (bicyclic) bond motifs is 2. The molecule has 5 nitrogen and oxygen atoms in total. The summed E-state index contributed by atoms with van der Waals surface area (Å²) in [6.07, 6.45) is 7.66. The van der Waals surface area contributed by atoms with Crippen LogP contribution in [0.15, 0.2) is 63.0 Å². The van der Waals surface area contributed by atoms with Crippen molar-refractivity contribution in [3.05, 3.63) is 74.9 Å². The lowest BCUT2D eigenvalue weighted by Crippen LogP contribution is -2.22. The molecule has 2 heterocycles. The molecule has 0 bridgehead atoms. The van der Waals surface area contributed by atoms with Crippen molar-refractivity contribution in [3.8, 4) is 0 Å². The van der Waals surface area contributed by atoms with Crippen molar-refractivity contribution in [1.82, 2.24) is 14.2 Å². The van der Waals surface area contributed by atoms with Gasteiger partial charge in [0.1, 0.15) is 5.82 Å². The van der Waals surface area contributed by atoms with Gasteiger partial charge in [-0.1, -0.05) is 54.4 Å². The van der Waals surface area contributed by atoms with E-state index < -0.39 is 0 Å².